The Kier molecular flexibility index (Phi) is 5.36. The summed E-state index contributed by atoms with van der Waals surface area (Å²) in [5.74, 6) is -0.248. The lowest BCUT2D eigenvalue weighted by Gasteiger charge is -2.21. The van der Waals surface area contributed by atoms with Gasteiger partial charge in [-0.1, -0.05) is 36.4 Å². The Morgan fingerprint density at radius 3 is 2.48 bits per heavy atom. The highest BCUT2D eigenvalue weighted by molar-refractivity contribution is 7.99. The zero-order valence-electron chi connectivity index (χ0n) is 13.6. The van der Waals surface area contributed by atoms with Crippen molar-refractivity contribution in [2.24, 2.45) is 0 Å². The average Bonchev–Trinajstić information content (AvgIpc) is 2.67. The molecular formula is C20H17NO3S. The first-order valence-corrected chi connectivity index (χ1v) is 8.60. The van der Waals surface area contributed by atoms with Gasteiger partial charge in [0.15, 0.2) is 0 Å². The SMILES string of the molecule is COc1ccccc1C(Sc1ccccc1)c1cnccc1C(=O)O. The molecule has 0 saturated heterocycles. The molecule has 0 amide bonds. The van der Waals surface area contributed by atoms with Gasteiger partial charge in [0.1, 0.15) is 5.75 Å². The number of rotatable bonds is 6. The molecule has 0 bridgehead atoms. The highest BCUT2D eigenvalue weighted by atomic mass is 32.2. The summed E-state index contributed by atoms with van der Waals surface area (Å²) >= 11 is 1.57. The summed E-state index contributed by atoms with van der Waals surface area (Å²) < 4.78 is 5.50. The summed E-state index contributed by atoms with van der Waals surface area (Å²) in [6, 6.07) is 19.1. The number of carboxylic acids is 1. The minimum Gasteiger partial charge on any atom is -0.496 e. The van der Waals surface area contributed by atoms with E-state index in [9.17, 15) is 9.90 Å². The Bertz CT molecular complexity index is 868. The third kappa shape index (κ3) is 3.83. The number of hydrogen-bond acceptors (Lipinski definition) is 4. The van der Waals surface area contributed by atoms with E-state index in [1.807, 2.05) is 54.6 Å². The summed E-state index contributed by atoms with van der Waals surface area (Å²) in [5.41, 5.74) is 1.80. The first-order valence-electron chi connectivity index (χ1n) is 7.72. The minimum absolute atomic E-state index is 0.245. The summed E-state index contributed by atoms with van der Waals surface area (Å²) in [4.78, 5) is 16.9. The third-order valence-electron chi connectivity index (χ3n) is 3.78. The molecule has 25 heavy (non-hydrogen) atoms. The van der Waals surface area contributed by atoms with E-state index >= 15 is 0 Å². The Hall–Kier alpha value is -2.79. The van der Waals surface area contributed by atoms with Crippen LogP contribution < -0.4 is 4.74 Å². The Morgan fingerprint density at radius 1 is 1.04 bits per heavy atom. The van der Waals surface area contributed by atoms with Crippen molar-refractivity contribution in [3.8, 4) is 5.75 Å². The molecule has 2 aromatic carbocycles. The van der Waals surface area contributed by atoms with Crippen LogP contribution in [-0.4, -0.2) is 23.2 Å². The lowest BCUT2D eigenvalue weighted by atomic mass is 10.0. The highest BCUT2D eigenvalue weighted by Crippen LogP contribution is 2.44. The second-order valence-electron chi connectivity index (χ2n) is 5.32. The monoisotopic (exact) mass is 351 g/mol. The molecule has 4 nitrogen and oxygen atoms in total. The predicted molar refractivity (Wildman–Crippen MR) is 98.3 cm³/mol. The van der Waals surface area contributed by atoms with Crippen LogP contribution in [0.1, 0.15) is 26.7 Å². The molecule has 1 unspecified atom stereocenters. The molecule has 0 aliphatic rings. The van der Waals surface area contributed by atoms with Crippen LogP contribution in [0.5, 0.6) is 5.75 Å². The third-order valence-corrected chi connectivity index (χ3v) is 5.07. The molecule has 5 heteroatoms. The number of methoxy groups -OCH3 is 1. The van der Waals surface area contributed by atoms with Crippen molar-refractivity contribution in [2.45, 2.75) is 10.1 Å². The molecule has 0 radical (unpaired) electrons. The van der Waals surface area contributed by atoms with Gasteiger partial charge >= 0.3 is 5.97 Å². The van der Waals surface area contributed by atoms with E-state index in [4.69, 9.17) is 4.74 Å². The fraction of sp³-hybridized carbons (Fsp3) is 0.100. The van der Waals surface area contributed by atoms with Crippen molar-refractivity contribution in [1.29, 1.82) is 0 Å². The number of pyridine rings is 1. The number of carbonyl (C=O) groups is 1. The summed E-state index contributed by atoms with van der Waals surface area (Å²) in [6.07, 6.45) is 3.12. The maximum atomic E-state index is 11.7. The number of hydrogen-bond donors (Lipinski definition) is 1. The van der Waals surface area contributed by atoms with Gasteiger partial charge in [0, 0.05) is 28.4 Å². The van der Waals surface area contributed by atoms with Crippen LogP contribution >= 0.6 is 11.8 Å². The maximum Gasteiger partial charge on any atom is 0.336 e. The smallest absolute Gasteiger partial charge is 0.336 e. The van der Waals surface area contributed by atoms with Gasteiger partial charge in [0.25, 0.3) is 0 Å². The van der Waals surface area contributed by atoms with Crippen molar-refractivity contribution < 1.29 is 14.6 Å². The Labute approximate surface area is 150 Å². The fourth-order valence-corrected chi connectivity index (χ4v) is 3.85. The number of aromatic nitrogens is 1. The highest BCUT2D eigenvalue weighted by Gasteiger charge is 2.24. The van der Waals surface area contributed by atoms with Crippen molar-refractivity contribution in [1.82, 2.24) is 4.98 Å². The molecule has 1 aromatic heterocycles. The number of aromatic carboxylic acids is 1. The second kappa shape index (κ2) is 7.85. The van der Waals surface area contributed by atoms with Gasteiger partial charge in [-0.2, -0.15) is 0 Å². The fourth-order valence-electron chi connectivity index (χ4n) is 2.62. The van der Waals surface area contributed by atoms with Crippen LogP contribution in [0, 0.1) is 0 Å². The number of nitrogens with zero attached hydrogens (tertiary/aromatic N) is 1. The normalized spacial score (nSPS) is 11.7. The molecule has 0 aliphatic heterocycles. The van der Waals surface area contributed by atoms with E-state index < -0.39 is 5.97 Å². The molecule has 1 N–H and O–H groups in total. The van der Waals surface area contributed by atoms with Gasteiger partial charge in [-0.25, -0.2) is 4.79 Å². The minimum atomic E-state index is -0.967. The topological polar surface area (TPSA) is 59.4 Å². The van der Waals surface area contributed by atoms with Gasteiger partial charge in [0.2, 0.25) is 0 Å². The Morgan fingerprint density at radius 2 is 1.76 bits per heavy atom. The molecular weight excluding hydrogens is 334 g/mol. The molecule has 126 valence electrons. The number of carboxylic acid groups (broad SMARTS) is 1. The quantitative estimate of drug-likeness (QED) is 0.654. The summed E-state index contributed by atoms with van der Waals surface area (Å²) in [5, 5.41) is 9.33. The van der Waals surface area contributed by atoms with E-state index in [1.165, 1.54) is 12.3 Å². The van der Waals surface area contributed by atoms with Crippen LogP contribution in [0.15, 0.2) is 78.0 Å². The molecule has 1 atom stereocenters. The van der Waals surface area contributed by atoms with Crippen LogP contribution in [-0.2, 0) is 0 Å². The largest absolute Gasteiger partial charge is 0.496 e. The summed E-state index contributed by atoms with van der Waals surface area (Å²) in [6.45, 7) is 0. The lowest BCUT2D eigenvalue weighted by Crippen LogP contribution is -2.08. The Balaban J connectivity index is 2.14. The van der Waals surface area contributed by atoms with Gasteiger partial charge in [0.05, 0.1) is 17.9 Å². The number of para-hydroxylation sites is 1. The molecule has 0 aliphatic carbocycles. The number of ether oxygens (including phenoxy) is 1. The van der Waals surface area contributed by atoms with Gasteiger partial charge in [-0.3, -0.25) is 4.98 Å². The van der Waals surface area contributed by atoms with Crippen molar-refractivity contribution in [2.75, 3.05) is 7.11 Å². The van der Waals surface area contributed by atoms with E-state index in [1.54, 1.807) is 25.1 Å². The molecule has 0 spiro atoms. The van der Waals surface area contributed by atoms with Crippen molar-refractivity contribution >= 4 is 17.7 Å². The van der Waals surface area contributed by atoms with Crippen LogP contribution in [0.4, 0.5) is 0 Å². The van der Waals surface area contributed by atoms with E-state index in [0.717, 1.165) is 16.2 Å². The molecule has 3 rings (SSSR count). The standard InChI is InChI=1S/C20H17NO3S/c1-24-18-10-6-5-9-16(18)19(25-14-7-3-2-4-8-14)17-13-21-12-11-15(17)20(22)23/h2-13,19H,1H3,(H,22,23). The average molecular weight is 351 g/mol. The second-order valence-corrected chi connectivity index (χ2v) is 6.50. The number of thioether (sulfide) groups is 1. The van der Waals surface area contributed by atoms with Crippen LogP contribution in [0.25, 0.3) is 0 Å². The maximum absolute atomic E-state index is 11.7. The van der Waals surface area contributed by atoms with Crippen LogP contribution in [0.3, 0.4) is 0 Å². The molecule has 0 saturated carbocycles. The number of benzene rings is 2. The van der Waals surface area contributed by atoms with E-state index in [2.05, 4.69) is 4.98 Å². The van der Waals surface area contributed by atoms with E-state index in [0.29, 0.717) is 5.56 Å². The first-order chi connectivity index (χ1) is 12.2. The predicted octanol–water partition coefficient (Wildman–Crippen LogP) is 4.67. The molecule has 0 fully saturated rings. The first kappa shape index (κ1) is 17.0. The van der Waals surface area contributed by atoms with Crippen LogP contribution in [0.2, 0.25) is 0 Å². The molecule has 3 aromatic rings. The summed E-state index contributed by atoms with van der Waals surface area (Å²) in [7, 11) is 1.62. The van der Waals surface area contributed by atoms with Gasteiger partial charge in [-0.05, 0) is 24.3 Å². The van der Waals surface area contributed by atoms with Crippen molar-refractivity contribution in [3.05, 3.63) is 89.7 Å². The van der Waals surface area contributed by atoms with Gasteiger partial charge < -0.3 is 9.84 Å². The zero-order chi connectivity index (χ0) is 17.6. The molecule has 1 heterocycles. The lowest BCUT2D eigenvalue weighted by molar-refractivity contribution is 0.0695. The van der Waals surface area contributed by atoms with Gasteiger partial charge in [-0.15, -0.1) is 11.8 Å². The van der Waals surface area contributed by atoms with E-state index in [-0.39, 0.29) is 10.8 Å². The zero-order valence-corrected chi connectivity index (χ0v) is 14.4. The van der Waals surface area contributed by atoms with Crippen molar-refractivity contribution in [3.63, 3.8) is 0 Å².